The molecule has 2 nitrogen and oxygen atoms in total. The van der Waals surface area contributed by atoms with E-state index in [1.807, 2.05) is 0 Å². The Kier molecular flexibility index (Phi) is 2.37. The van der Waals surface area contributed by atoms with Crippen LogP contribution in [0.4, 0.5) is 0 Å². The van der Waals surface area contributed by atoms with E-state index in [2.05, 4.69) is 9.69 Å². The van der Waals surface area contributed by atoms with E-state index in [1.165, 1.54) is 0 Å². The van der Waals surface area contributed by atoms with Gasteiger partial charge in [-0.3, -0.25) is 0 Å². The lowest BCUT2D eigenvalue weighted by molar-refractivity contribution is 1.77. The maximum absolute atomic E-state index is 5.90. The van der Waals surface area contributed by atoms with E-state index in [9.17, 15) is 0 Å². The summed E-state index contributed by atoms with van der Waals surface area (Å²) in [5, 5.41) is 0. The van der Waals surface area contributed by atoms with Gasteiger partial charge >= 0.3 is 6.67 Å². The van der Waals surface area contributed by atoms with Gasteiger partial charge in [-0.2, -0.15) is 9.69 Å². The largest absolute Gasteiger partial charge is 0.841 e. The van der Waals surface area contributed by atoms with Gasteiger partial charge in [0.05, 0.1) is 0 Å². The molecule has 0 amide bonds. The van der Waals surface area contributed by atoms with Gasteiger partial charge in [-0.05, 0) is 0 Å². The van der Waals surface area contributed by atoms with Gasteiger partial charge < -0.3 is 0 Å². The van der Waals surface area contributed by atoms with Crippen molar-refractivity contribution in [3.63, 3.8) is 0 Å². The molecule has 0 N–H and O–H groups in total. The van der Waals surface area contributed by atoms with Crippen molar-refractivity contribution in [2.45, 2.75) is 0 Å². The molecule has 0 heterocycles. The molecule has 0 aliphatic heterocycles. The highest BCUT2D eigenvalue weighted by molar-refractivity contribution is 4.83. The smallest absolute Gasteiger partial charge is 0.223 e. The van der Waals surface area contributed by atoms with Crippen molar-refractivity contribution >= 4 is 0 Å². The van der Waals surface area contributed by atoms with Crippen LogP contribution in [0.25, 0.3) is 9.69 Å². The molecule has 5 heavy (non-hydrogen) atoms. The molecule has 0 bridgehead atoms. The monoisotopic (exact) mass is 64.0 g/mol. The van der Waals surface area contributed by atoms with Crippen LogP contribution in [0.1, 0.15) is 0 Å². The summed E-state index contributed by atoms with van der Waals surface area (Å²) in [6.07, 6.45) is 0. The Bertz CT molecular complexity index is 70.0. The summed E-state index contributed by atoms with van der Waals surface area (Å²) in [6, 6.07) is 0. The molecular formula is C3N2. The van der Waals surface area contributed by atoms with Crippen LogP contribution in [0.3, 0.4) is 0 Å². The van der Waals surface area contributed by atoms with E-state index in [1.54, 1.807) is 6.67 Å². The summed E-state index contributed by atoms with van der Waals surface area (Å²) < 4.78 is 0. The average molecular weight is 64.0 g/mol. The van der Waals surface area contributed by atoms with Crippen molar-refractivity contribution < 1.29 is 0 Å². The van der Waals surface area contributed by atoms with Crippen molar-refractivity contribution in [1.29, 1.82) is 0 Å². The Labute approximate surface area is 30.7 Å². The fourth-order valence-corrected chi connectivity index (χ4v) is 0.0250. The summed E-state index contributed by atoms with van der Waals surface area (Å²) in [4.78, 5) is 5.00. The molecule has 0 spiro atoms. The van der Waals surface area contributed by atoms with E-state index in [-0.39, 0.29) is 0 Å². The van der Waals surface area contributed by atoms with E-state index in [0.29, 0.717) is 0 Å². The minimum absolute atomic E-state index is 1.69. The molecule has 2 heteroatoms. The SMILES string of the molecule is [C-]#[N+][C][N+]#[C-]. The predicted octanol–water partition coefficient (Wildman–Crippen LogP) is 0.821. The summed E-state index contributed by atoms with van der Waals surface area (Å²) >= 11 is 0. The highest BCUT2D eigenvalue weighted by Crippen LogP contribution is 1.72. The van der Waals surface area contributed by atoms with Gasteiger partial charge in [0.15, 0.2) is 0 Å². The molecule has 0 atom stereocenters. The quantitative estimate of drug-likeness (QED) is 0.369. The zero-order valence-electron chi connectivity index (χ0n) is 2.39. The summed E-state index contributed by atoms with van der Waals surface area (Å²) in [5.74, 6) is 0. The molecule has 0 aromatic rings. The zero-order valence-corrected chi connectivity index (χ0v) is 2.39. The molecule has 0 unspecified atom stereocenters. The Morgan fingerprint density at radius 2 is 1.60 bits per heavy atom. The topological polar surface area (TPSA) is 8.72 Å². The first kappa shape index (κ1) is 3.98. The third kappa shape index (κ3) is 2.98. The van der Waals surface area contributed by atoms with E-state index in [4.69, 9.17) is 13.1 Å². The van der Waals surface area contributed by atoms with E-state index in [0.717, 1.165) is 0 Å². The van der Waals surface area contributed by atoms with Gasteiger partial charge in [0.2, 0.25) is 0 Å². The summed E-state index contributed by atoms with van der Waals surface area (Å²) in [5.41, 5.74) is 0. The molecule has 22 valence electrons. The Hall–Kier alpha value is -1.02. The predicted molar refractivity (Wildman–Crippen MR) is 16.4 cm³/mol. The highest BCUT2D eigenvalue weighted by atomic mass is 14.8. The van der Waals surface area contributed by atoms with Gasteiger partial charge in [-0.25, -0.2) is 13.1 Å². The second kappa shape index (κ2) is 2.98. The van der Waals surface area contributed by atoms with Gasteiger partial charge in [0.25, 0.3) is 0 Å². The van der Waals surface area contributed by atoms with Gasteiger partial charge in [-0.1, -0.05) is 0 Å². The fourth-order valence-electron chi connectivity index (χ4n) is 0.0250. The first-order valence-corrected chi connectivity index (χ1v) is 0.894. The van der Waals surface area contributed by atoms with Gasteiger partial charge in [0.1, 0.15) is 0 Å². The Morgan fingerprint density at radius 1 is 1.20 bits per heavy atom. The molecule has 2 radical (unpaired) electrons. The molecule has 0 aromatic heterocycles. The van der Waals surface area contributed by atoms with Crippen LogP contribution in [-0.2, 0) is 0 Å². The van der Waals surface area contributed by atoms with Crippen molar-refractivity contribution in [2.75, 3.05) is 0 Å². The van der Waals surface area contributed by atoms with Crippen LogP contribution >= 0.6 is 0 Å². The van der Waals surface area contributed by atoms with Gasteiger partial charge in [0, 0.05) is 0 Å². The molecule has 0 rings (SSSR count). The van der Waals surface area contributed by atoms with E-state index < -0.39 is 0 Å². The van der Waals surface area contributed by atoms with Crippen LogP contribution in [-0.4, -0.2) is 0 Å². The van der Waals surface area contributed by atoms with Crippen LogP contribution in [0, 0.1) is 19.8 Å². The average Bonchev–Trinajstić information content (AvgIpc) is 1.41. The first-order valence-electron chi connectivity index (χ1n) is 0.894. The lowest BCUT2D eigenvalue weighted by Crippen LogP contribution is -1.35. The van der Waals surface area contributed by atoms with Crippen LogP contribution in [0.15, 0.2) is 0 Å². The standard InChI is InChI=1S/C3N2/c1-4-3-5-2. The molecular weight excluding hydrogens is 64.0 g/mol. The lowest BCUT2D eigenvalue weighted by Gasteiger charge is -1.38. The minimum atomic E-state index is 1.69. The molecule has 0 aliphatic carbocycles. The maximum atomic E-state index is 5.90. The second-order valence-electron chi connectivity index (χ2n) is 0.324. The van der Waals surface area contributed by atoms with Crippen molar-refractivity contribution in [2.24, 2.45) is 0 Å². The summed E-state index contributed by atoms with van der Waals surface area (Å²) in [6.45, 7) is 13.5. The lowest BCUT2D eigenvalue weighted by atomic mass is 11.2. The number of rotatable bonds is 0. The second-order valence-corrected chi connectivity index (χ2v) is 0.324. The molecule has 0 aliphatic rings. The van der Waals surface area contributed by atoms with Crippen molar-refractivity contribution in [3.05, 3.63) is 29.5 Å². The molecule has 0 saturated heterocycles. The normalized spacial score (nSPS) is 4.40. The van der Waals surface area contributed by atoms with Crippen molar-refractivity contribution in [1.82, 2.24) is 0 Å². The third-order valence-electron chi connectivity index (χ3n) is 0.100. The first-order chi connectivity index (χ1) is 2.41. The van der Waals surface area contributed by atoms with Crippen LogP contribution in [0.2, 0.25) is 0 Å². The number of hydrogen-bond acceptors (Lipinski definition) is 0. The fraction of sp³-hybridized carbons (Fsp3) is 0. The summed E-state index contributed by atoms with van der Waals surface area (Å²) in [7, 11) is 0. The van der Waals surface area contributed by atoms with Crippen LogP contribution in [0.5, 0.6) is 0 Å². The zero-order chi connectivity index (χ0) is 4.12. The highest BCUT2D eigenvalue weighted by Gasteiger charge is 1.88. The maximum Gasteiger partial charge on any atom is 0.841 e. The Balaban J connectivity index is 2.86. The van der Waals surface area contributed by atoms with Crippen LogP contribution < -0.4 is 0 Å². The minimum Gasteiger partial charge on any atom is -0.223 e. The number of nitrogens with zero attached hydrogens (tertiary/aromatic N) is 2. The molecule has 0 saturated carbocycles. The van der Waals surface area contributed by atoms with Crippen molar-refractivity contribution in [3.8, 4) is 0 Å². The van der Waals surface area contributed by atoms with E-state index >= 15 is 0 Å². The molecule has 0 fully saturated rings. The Morgan fingerprint density at radius 3 is 1.60 bits per heavy atom. The molecule has 0 aromatic carbocycles. The number of hydrogen-bond donors (Lipinski definition) is 0. The third-order valence-corrected chi connectivity index (χ3v) is 0.100. The van der Waals surface area contributed by atoms with Gasteiger partial charge in [-0.15, -0.1) is 0 Å².